The lowest BCUT2D eigenvalue weighted by atomic mass is 9.93. The zero-order valence-electron chi connectivity index (χ0n) is 11.7. The molecule has 0 aromatic carbocycles. The molecular weight excluding hydrogens is 260 g/mol. The number of anilines is 1. The Morgan fingerprint density at radius 1 is 1.35 bits per heavy atom. The lowest BCUT2D eigenvalue weighted by Crippen LogP contribution is -2.49. The van der Waals surface area contributed by atoms with E-state index >= 15 is 0 Å². The van der Waals surface area contributed by atoms with Crippen LogP contribution in [0.3, 0.4) is 0 Å². The molecule has 0 aliphatic heterocycles. The minimum absolute atomic E-state index is 0.0379. The molecule has 0 radical (unpaired) electrons. The Labute approximate surface area is 117 Å². The fraction of sp³-hybridized carbons (Fsp3) is 0.615. The van der Waals surface area contributed by atoms with E-state index in [1.807, 2.05) is 6.92 Å². The van der Waals surface area contributed by atoms with Gasteiger partial charge in [-0.05, 0) is 26.7 Å². The van der Waals surface area contributed by atoms with Crippen LogP contribution in [-0.4, -0.2) is 32.8 Å². The van der Waals surface area contributed by atoms with E-state index in [4.69, 9.17) is 5.11 Å². The SMILES string of the molecule is Cc1n[nH]c(C)c1NC(=O)NC1(CC(=O)O)CCCC1. The number of nitrogens with one attached hydrogen (secondary N) is 3. The minimum Gasteiger partial charge on any atom is -0.481 e. The summed E-state index contributed by atoms with van der Waals surface area (Å²) in [4.78, 5) is 23.1. The third-order valence-corrected chi connectivity index (χ3v) is 3.80. The number of carbonyl (C=O) groups excluding carboxylic acids is 1. The summed E-state index contributed by atoms with van der Waals surface area (Å²) in [6, 6.07) is -0.374. The number of urea groups is 1. The molecule has 110 valence electrons. The van der Waals surface area contributed by atoms with Gasteiger partial charge in [-0.15, -0.1) is 0 Å². The molecule has 2 amide bonds. The summed E-state index contributed by atoms with van der Waals surface area (Å²) < 4.78 is 0. The predicted molar refractivity (Wildman–Crippen MR) is 73.7 cm³/mol. The Morgan fingerprint density at radius 2 is 2.00 bits per heavy atom. The van der Waals surface area contributed by atoms with Crippen LogP contribution in [0.1, 0.15) is 43.5 Å². The highest BCUT2D eigenvalue weighted by Gasteiger charge is 2.37. The lowest BCUT2D eigenvalue weighted by molar-refractivity contribution is -0.138. The van der Waals surface area contributed by atoms with Crippen LogP contribution in [0, 0.1) is 13.8 Å². The molecule has 1 saturated carbocycles. The number of aliphatic carboxylic acids is 1. The maximum absolute atomic E-state index is 12.1. The zero-order valence-corrected chi connectivity index (χ0v) is 11.7. The van der Waals surface area contributed by atoms with Crippen molar-refractivity contribution in [2.45, 2.75) is 51.5 Å². The van der Waals surface area contributed by atoms with Crippen molar-refractivity contribution in [2.75, 3.05) is 5.32 Å². The van der Waals surface area contributed by atoms with Gasteiger partial charge >= 0.3 is 12.0 Å². The topological polar surface area (TPSA) is 107 Å². The minimum atomic E-state index is -0.886. The molecule has 4 N–H and O–H groups in total. The average molecular weight is 280 g/mol. The van der Waals surface area contributed by atoms with Crippen LogP contribution in [-0.2, 0) is 4.79 Å². The normalized spacial score (nSPS) is 16.9. The molecule has 0 bridgehead atoms. The first kappa shape index (κ1) is 14.4. The Balaban J connectivity index is 2.04. The van der Waals surface area contributed by atoms with Crippen LogP contribution in [0.15, 0.2) is 0 Å². The van der Waals surface area contributed by atoms with Gasteiger partial charge in [0.1, 0.15) is 0 Å². The predicted octanol–water partition coefficient (Wildman–Crippen LogP) is 1.94. The van der Waals surface area contributed by atoms with E-state index in [0.717, 1.165) is 18.5 Å². The van der Waals surface area contributed by atoms with Crippen LogP contribution in [0.2, 0.25) is 0 Å². The highest BCUT2D eigenvalue weighted by Crippen LogP contribution is 2.32. The van der Waals surface area contributed by atoms with Gasteiger partial charge in [0.2, 0.25) is 0 Å². The molecule has 1 aromatic heterocycles. The van der Waals surface area contributed by atoms with E-state index in [1.165, 1.54) is 0 Å². The molecule has 0 spiro atoms. The number of H-pyrrole nitrogens is 1. The summed E-state index contributed by atoms with van der Waals surface area (Å²) in [6.45, 7) is 3.61. The van der Waals surface area contributed by atoms with Gasteiger partial charge in [0.05, 0.1) is 29.0 Å². The van der Waals surface area contributed by atoms with Gasteiger partial charge < -0.3 is 15.7 Å². The van der Waals surface area contributed by atoms with Crippen molar-refractivity contribution in [1.82, 2.24) is 15.5 Å². The van der Waals surface area contributed by atoms with E-state index < -0.39 is 11.5 Å². The quantitative estimate of drug-likeness (QED) is 0.676. The summed E-state index contributed by atoms with van der Waals surface area (Å²) in [6.07, 6.45) is 3.25. The summed E-state index contributed by atoms with van der Waals surface area (Å²) in [5, 5.41) is 21.4. The van der Waals surface area contributed by atoms with Crippen LogP contribution in [0.25, 0.3) is 0 Å². The number of hydrogen-bond donors (Lipinski definition) is 4. The first-order chi connectivity index (χ1) is 9.42. The number of aryl methyl sites for hydroxylation is 2. The fourth-order valence-electron chi connectivity index (χ4n) is 2.81. The van der Waals surface area contributed by atoms with Crippen molar-refractivity contribution in [3.8, 4) is 0 Å². The highest BCUT2D eigenvalue weighted by atomic mass is 16.4. The molecule has 1 aromatic rings. The van der Waals surface area contributed by atoms with Crippen molar-refractivity contribution < 1.29 is 14.7 Å². The monoisotopic (exact) mass is 280 g/mol. The van der Waals surface area contributed by atoms with Gasteiger partial charge in [-0.2, -0.15) is 5.10 Å². The van der Waals surface area contributed by atoms with Gasteiger partial charge in [0.25, 0.3) is 0 Å². The molecule has 2 rings (SSSR count). The van der Waals surface area contributed by atoms with E-state index in [1.54, 1.807) is 6.92 Å². The second kappa shape index (κ2) is 5.52. The first-order valence-corrected chi connectivity index (χ1v) is 6.74. The van der Waals surface area contributed by atoms with Crippen LogP contribution >= 0.6 is 0 Å². The number of hydrogen-bond acceptors (Lipinski definition) is 3. The molecule has 20 heavy (non-hydrogen) atoms. The number of rotatable bonds is 4. The van der Waals surface area contributed by atoms with Crippen molar-refractivity contribution in [2.24, 2.45) is 0 Å². The molecule has 1 aliphatic rings. The highest BCUT2D eigenvalue weighted by molar-refractivity contribution is 5.91. The van der Waals surface area contributed by atoms with E-state index in [9.17, 15) is 9.59 Å². The van der Waals surface area contributed by atoms with Gasteiger partial charge in [0, 0.05) is 0 Å². The smallest absolute Gasteiger partial charge is 0.319 e. The molecule has 7 nitrogen and oxygen atoms in total. The van der Waals surface area contributed by atoms with E-state index in [2.05, 4.69) is 20.8 Å². The number of aromatic amines is 1. The summed E-state index contributed by atoms with van der Waals surface area (Å²) in [5.41, 5.74) is 1.50. The Bertz CT molecular complexity index is 498. The third-order valence-electron chi connectivity index (χ3n) is 3.80. The molecule has 0 unspecified atom stereocenters. The fourth-order valence-corrected chi connectivity index (χ4v) is 2.81. The van der Waals surface area contributed by atoms with Crippen LogP contribution in [0.4, 0.5) is 10.5 Å². The molecule has 1 aliphatic carbocycles. The molecule has 0 saturated heterocycles. The number of carboxylic acids is 1. The van der Waals surface area contributed by atoms with Gasteiger partial charge in [0.15, 0.2) is 0 Å². The third kappa shape index (κ3) is 3.09. The van der Waals surface area contributed by atoms with Gasteiger partial charge in [-0.25, -0.2) is 4.79 Å². The molecule has 0 atom stereocenters. The molecule has 7 heteroatoms. The Hall–Kier alpha value is -2.05. The zero-order chi connectivity index (χ0) is 14.8. The average Bonchev–Trinajstić information content (AvgIpc) is 2.90. The second-order valence-corrected chi connectivity index (χ2v) is 5.45. The van der Waals surface area contributed by atoms with Gasteiger partial charge in [-0.3, -0.25) is 9.89 Å². The first-order valence-electron chi connectivity index (χ1n) is 6.74. The number of nitrogens with zero attached hydrogens (tertiary/aromatic N) is 1. The Kier molecular flexibility index (Phi) is 3.96. The maximum Gasteiger partial charge on any atom is 0.319 e. The second-order valence-electron chi connectivity index (χ2n) is 5.45. The number of carbonyl (C=O) groups is 2. The maximum atomic E-state index is 12.1. The van der Waals surface area contributed by atoms with E-state index in [-0.39, 0.29) is 12.5 Å². The van der Waals surface area contributed by atoms with E-state index in [0.29, 0.717) is 24.2 Å². The summed E-state index contributed by atoms with van der Waals surface area (Å²) in [5.74, 6) is -0.886. The largest absolute Gasteiger partial charge is 0.481 e. The van der Waals surface area contributed by atoms with Crippen LogP contribution in [0.5, 0.6) is 0 Å². The van der Waals surface area contributed by atoms with Gasteiger partial charge in [-0.1, -0.05) is 12.8 Å². The number of carboxylic acid groups (broad SMARTS) is 1. The number of aromatic nitrogens is 2. The lowest BCUT2D eigenvalue weighted by Gasteiger charge is -2.28. The molecule has 1 fully saturated rings. The molecular formula is C13H20N4O3. The van der Waals surface area contributed by atoms with Crippen molar-refractivity contribution in [1.29, 1.82) is 0 Å². The van der Waals surface area contributed by atoms with Crippen molar-refractivity contribution in [3.05, 3.63) is 11.4 Å². The summed E-state index contributed by atoms with van der Waals surface area (Å²) in [7, 11) is 0. The van der Waals surface area contributed by atoms with Crippen LogP contribution < -0.4 is 10.6 Å². The molecule has 1 heterocycles. The Morgan fingerprint density at radius 3 is 2.50 bits per heavy atom. The summed E-state index contributed by atoms with van der Waals surface area (Å²) >= 11 is 0. The number of amides is 2. The standard InChI is InChI=1S/C13H20N4O3/c1-8-11(9(2)17-16-8)14-12(20)15-13(7-10(18)19)5-3-4-6-13/h3-7H2,1-2H3,(H,16,17)(H,18,19)(H2,14,15,20). The van der Waals surface area contributed by atoms with Crippen molar-refractivity contribution >= 4 is 17.7 Å². The van der Waals surface area contributed by atoms with Crippen molar-refractivity contribution in [3.63, 3.8) is 0 Å².